The third kappa shape index (κ3) is 4.44. The first-order valence-electron chi connectivity index (χ1n) is 10.2. The molecule has 3 aromatic carbocycles. The van der Waals surface area contributed by atoms with Gasteiger partial charge in [-0.15, -0.1) is 0 Å². The average molecular weight is 425 g/mol. The number of nitrogens with one attached hydrogen (secondary N) is 2. The Bertz CT molecular complexity index is 1330. The average Bonchev–Trinajstić information content (AvgIpc) is 2.80. The van der Waals surface area contributed by atoms with E-state index < -0.39 is 0 Å². The minimum Gasteiger partial charge on any atom is -0.457 e. The van der Waals surface area contributed by atoms with E-state index in [1.165, 1.54) is 11.8 Å². The molecule has 0 atom stereocenters. The van der Waals surface area contributed by atoms with Crippen LogP contribution in [0, 0.1) is 13.8 Å². The SMILES string of the molecule is CNC(=O)c1cc(Oc2ccc3c(C(=O)Nc4ccc(C)c(C)c4)cccc3c2)ccn1. The number of amides is 2. The Hall–Kier alpha value is -4.19. The van der Waals surface area contributed by atoms with E-state index in [9.17, 15) is 9.59 Å². The minimum atomic E-state index is -0.284. The summed E-state index contributed by atoms with van der Waals surface area (Å²) in [6, 6.07) is 20.2. The minimum absolute atomic E-state index is 0.170. The number of aromatic nitrogens is 1. The largest absolute Gasteiger partial charge is 0.457 e. The highest BCUT2D eigenvalue weighted by Crippen LogP contribution is 2.28. The van der Waals surface area contributed by atoms with Gasteiger partial charge in [0.2, 0.25) is 0 Å². The molecule has 1 heterocycles. The number of pyridine rings is 1. The van der Waals surface area contributed by atoms with Crippen molar-refractivity contribution >= 4 is 28.3 Å². The lowest BCUT2D eigenvalue weighted by atomic mass is 10.0. The van der Waals surface area contributed by atoms with E-state index in [-0.39, 0.29) is 17.5 Å². The van der Waals surface area contributed by atoms with Gasteiger partial charge in [0.25, 0.3) is 11.8 Å². The van der Waals surface area contributed by atoms with E-state index in [1.807, 2.05) is 56.3 Å². The molecule has 4 aromatic rings. The van der Waals surface area contributed by atoms with Crippen molar-refractivity contribution in [2.75, 3.05) is 12.4 Å². The van der Waals surface area contributed by atoms with Crippen LogP contribution in [0.1, 0.15) is 32.0 Å². The lowest BCUT2D eigenvalue weighted by Gasteiger charge is -2.11. The number of benzene rings is 3. The Labute approximate surface area is 186 Å². The maximum absolute atomic E-state index is 12.9. The van der Waals surface area contributed by atoms with Crippen molar-refractivity contribution in [1.82, 2.24) is 10.3 Å². The summed E-state index contributed by atoms with van der Waals surface area (Å²) in [6.45, 7) is 4.06. The summed E-state index contributed by atoms with van der Waals surface area (Å²) in [4.78, 5) is 28.8. The molecule has 0 spiro atoms. The first kappa shape index (κ1) is 21.1. The number of ether oxygens (including phenoxy) is 1. The van der Waals surface area contributed by atoms with Crippen molar-refractivity contribution in [2.45, 2.75) is 13.8 Å². The third-order valence-corrected chi connectivity index (χ3v) is 5.29. The second-order valence-electron chi connectivity index (χ2n) is 7.50. The van der Waals surface area contributed by atoms with Crippen molar-refractivity contribution in [1.29, 1.82) is 0 Å². The fourth-order valence-electron chi connectivity index (χ4n) is 3.40. The van der Waals surface area contributed by atoms with Crippen LogP contribution in [-0.2, 0) is 0 Å². The molecule has 0 saturated heterocycles. The van der Waals surface area contributed by atoms with Gasteiger partial charge in [-0.2, -0.15) is 0 Å². The molecule has 2 N–H and O–H groups in total. The van der Waals surface area contributed by atoms with Gasteiger partial charge in [-0.3, -0.25) is 14.6 Å². The van der Waals surface area contributed by atoms with Gasteiger partial charge < -0.3 is 15.4 Å². The Morgan fingerprint density at radius 3 is 2.44 bits per heavy atom. The standard InChI is InChI=1S/C26H23N3O3/c1-16-7-8-19(13-17(16)2)29-25(30)23-6-4-5-18-14-20(9-10-22(18)23)32-21-11-12-28-24(15-21)26(31)27-3/h4-15H,1-3H3,(H,27,31)(H,29,30). The monoisotopic (exact) mass is 425 g/mol. The molecular formula is C26H23N3O3. The summed E-state index contributed by atoms with van der Waals surface area (Å²) in [5.41, 5.74) is 3.92. The highest BCUT2D eigenvalue weighted by molar-refractivity contribution is 6.13. The molecule has 0 unspecified atom stereocenters. The zero-order valence-electron chi connectivity index (χ0n) is 18.1. The van der Waals surface area contributed by atoms with Crippen LogP contribution >= 0.6 is 0 Å². The van der Waals surface area contributed by atoms with E-state index in [4.69, 9.17) is 4.74 Å². The zero-order chi connectivity index (χ0) is 22.7. The molecule has 0 aliphatic heterocycles. The number of carbonyl (C=O) groups is 2. The molecule has 2 amide bonds. The van der Waals surface area contributed by atoms with Gasteiger partial charge in [-0.25, -0.2) is 0 Å². The van der Waals surface area contributed by atoms with Crippen molar-refractivity contribution < 1.29 is 14.3 Å². The van der Waals surface area contributed by atoms with Gasteiger partial charge in [0.05, 0.1) is 0 Å². The Balaban J connectivity index is 1.59. The lowest BCUT2D eigenvalue weighted by Crippen LogP contribution is -2.18. The summed E-state index contributed by atoms with van der Waals surface area (Å²) in [5, 5.41) is 7.21. The van der Waals surface area contributed by atoms with Crippen LogP contribution in [0.25, 0.3) is 10.8 Å². The van der Waals surface area contributed by atoms with Crippen molar-refractivity contribution in [2.24, 2.45) is 0 Å². The molecule has 0 aliphatic carbocycles. The number of hydrogen-bond donors (Lipinski definition) is 2. The van der Waals surface area contributed by atoms with E-state index in [0.29, 0.717) is 17.1 Å². The number of hydrogen-bond acceptors (Lipinski definition) is 4. The van der Waals surface area contributed by atoms with E-state index in [2.05, 4.69) is 15.6 Å². The molecule has 0 saturated carbocycles. The molecule has 0 aliphatic rings. The van der Waals surface area contributed by atoms with E-state index in [0.717, 1.165) is 22.0 Å². The van der Waals surface area contributed by atoms with Crippen LogP contribution < -0.4 is 15.4 Å². The van der Waals surface area contributed by atoms with Crippen molar-refractivity contribution in [3.63, 3.8) is 0 Å². The Morgan fingerprint density at radius 1 is 0.844 bits per heavy atom. The number of anilines is 1. The summed E-state index contributed by atoms with van der Waals surface area (Å²) in [6.07, 6.45) is 1.52. The van der Waals surface area contributed by atoms with Gasteiger partial charge in [0.15, 0.2) is 0 Å². The molecule has 0 radical (unpaired) electrons. The quantitative estimate of drug-likeness (QED) is 0.457. The summed E-state index contributed by atoms with van der Waals surface area (Å²) >= 11 is 0. The number of aryl methyl sites for hydroxylation is 2. The maximum atomic E-state index is 12.9. The van der Waals surface area contributed by atoms with Crippen LogP contribution in [0.3, 0.4) is 0 Å². The molecular weight excluding hydrogens is 402 g/mol. The summed E-state index contributed by atoms with van der Waals surface area (Å²) < 4.78 is 5.92. The Kier molecular flexibility index (Phi) is 5.85. The van der Waals surface area contributed by atoms with Gasteiger partial charge >= 0.3 is 0 Å². The first-order chi connectivity index (χ1) is 15.4. The first-order valence-corrected chi connectivity index (χ1v) is 10.2. The van der Waals surface area contributed by atoms with Crippen LogP contribution in [-0.4, -0.2) is 23.8 Å². The zero-order valence-corrected chi connectivity index (χ0v) is 18.1. The highest BCUT2D eigenvalue weighted by atomic mass is 16.5. The van der Waals surface area contributed by atoms with Gasteiger partial charge in [-0.05, 0) is 78.2 Å². The topological polar surface area (TPSA) is 80.3 Å². The maximum Gasteiger partial charge on any atom is 0.269 e. The van der Waals surface area contributed by atoms with Gasteiger partial charge in [0.1, 0.15) is 17.2 Å². The van der Waals surface area contributed by atoms with E-state index in [1.54, 1.807) is 31.3 Å². The second kappa shape index (κ2) is 8.89. The smallest absolute Gasteiger partial charge is 0.269 e. The fraction of sp³-hybridized carbons (Fsp3) is 0.115. The highest BCUT2D eigenvalue weighted by Gasteiger charge is 2.12. The molecule has 6 nitrogen and oxygen atoms in total. The Morgan fingerprint density at radius 2 is 1.66 bits per heavy atom. The second-order valence-corrected chi connectivity index (χ2v) is 7.50. The summed E-state index contributed by atoms with van der Waals surface area (Å²) in [5.74, 6) is 0.644. The third-order valence-electron chi connectivity index (χ3n) is 5.29. The summed E-state index contributed by atoms with van der Waals surface area (Å²) in [7, 11) is 1.55. The molecule has 160 valence electrons. The molecule has 0 bridgehead atoms. The molecule has 32 heavy (non-hydrogen) atoms. The van der Waals surface area contributed by atoms with Gasteiger partial charge in [0, 0.05) is 30.6 Å². The number of nitrogens with zero attached hydrogens (tertiary/aromatic N) is 1. The number of rotatable bonds is 5. The van der Waals surface area contributed by atoms with Crippen LogP contribution in [0.15, 0.2) is 72.9 Å². The fourth-order valence-corrected chi connectivity index (χ4v) is 3.40. The van der Waals surface area contributed by atoms with Crippen LogP contribution in [0.5, 0.6) is 11.5 Å². The van der Waals surface area contributed by atoms with Gasteiger partial charge in [-0.1, -0.05) is 18.2 Å². The predicted molar refractivity (Wildman–Crippen MR) is 126 cm³/mol. The predicted octanol–water partition coefficient (Wildman–Crippen LogP) is 5.26. The van der Waals surface area contributed by atoms with Crippen LogP contribution in [0.4, 0.5) is 5.69 Å². The van der Waals surface area contributed by atoms with E-state index >= 15 is 0 Å². The normalized spacial score (nSPS) is 10.6. The molecule has 4 rings (SSSR count). The molecule has 0 fully saturated rings. The van der Waals surface area contributed by atoms with Crippen molar-refractivity contribution in [3.8, 4) is 11.5 Å². The van der Waals surface area contributed by atoms with Crippen molar-refractivity contribution in [3.05, 3.63) is 95.3 Å². The van der Waals surface area contributed by atoms with Crippen LogP contribution in [0.2, 0.25) is 0 Å². The lowest BCUT2D eigenvalue weighted by molar-refractivity contribution is 0.0957. The molecule has 1 aromatic heterocycles. The number of carbonyl (C=O) groups excluding carboxylic acids is 2. The number of fused-ring (bicyclic) bond motifs is 1. The molecule has 6 heteroatoms.